The number of hydrogen-bond acceptors (Lipinski definition) is 3. The van der Waals surface area contributed by atoms with Crippen molar-refractivity contribution in [2.45, 2.75) is 12.8 Å². The van der Waals surface area contributed by atoms with E-state index in [-0.39, 0.29) is 17.3 Å². The molecule has 4 nitrogen and oxygen atoms in total. The Kier molecular flexibility index (Phi) is 4.20. The van der Waals surface area contributed by atoms with E-state index in [0.717, 1.165) is 0 Å². The van der Waals surface area contributed by atoms with E-state index in [2.05, 4.69) is 0 Å². The maximum Gasteiger partial charge on any atom is 0.276 e. The van der Waals surface area contributed by atoms with Crippen molar-refractivity contribution in [3.8, 4) is 11.5 Å². The maximum absolute atomic E-state index is 13.4. The van der Waals surface area contributed by atoms with Crippen LogP contribution in [0.1, 0.15) is 11.1 Å². The molecule has 0 saturated heterocycles. The molecule has 0 aliphatic carbocycles. The summed E-state index contributed by atoms with van der Waals surface area (Å²) in [6, 6.07) is 8.59. The molecular formula is C14H11ClFNO3. The van der Waals surface area contributed by atoms with E-state index < -0.39 is 10.7 Å². The van der Waals surface area contributed by atoms with Gasteiger partial charge in [0, 0.05) is 18.0 Å². The van der Waals surface area contributed by atoms with E-state index in [1.54, 1.807) is 19.1 Å². The van der Waals surface area contributed by atoms with E-state index in [1.165, 1.54) is 24.3 Å². The van der Waals surface area contributed by atoms with Gasteiger partial charge in [0.15, 0.2) is 0 Å². The monoisotopic (exact) mass is 295 g/mol. The molecule has 6 heteroatoms. The van der Waals surface area contributed by atoms with Crippen LogP contribution >= 0.6 is 11.6 Å². The minimum absolute atomic E-state index is 0.0449. The van der Waals surface area contributed by atoms with Gasteiger partial charge in [-0.25, -0.2) is 4.39 Å². The predicted molar refractivity (Wildman–Crippen MR) is 73.9 cm³/mol. The van der Waals surface area contributed by atoms with Gasteiger partial charge >= 0.3 is 0 Å². The SMILES string of the molecule is Cc1c(Oc2cc(F)cc(CCl)c2)cccc1[N+](=O)[O-]. The lowest BCUT2D eigenvalue weighted by atomic mass is 10.2. The summed E-state index contributed by atoms with van der Waals surface area (Å²) < 4.78 is 18.9. The van der Waals surface area contributed by atoms with Gasteiger partial charge in [0.05, 0.1) is 10.5 Å². The number of alkyl halides is 1. The van der Waals surface area contributed by atoms with Crippen LogP contribution < -0.4 is 4.74 Å². The molecule has 0 N–H and O–H groups in total. The summed E-state index contributed by atoms with van der Waals surface area (Å²) in [6.45, 7) is 1.58. The molecule has 20 heavy (non-hydrogen) atoms. The first-order valence-electron chi connectivity index (χ1n) is 5.78. The number of ether oxygens (including phenoxy) is 1. The van der Waals surface area contributed by atoms with Gasteiger partial charge in [-0.1, -0.05) is 6.07 Å². The highest BCUT2D eigenvalue weighted by Crippen LogP contribution is 2.31. The van der Waals surface area contributed by atoms with E-state index in [0.29, 0.717) is 16.9 Å². The van der Waals surface area contributed by atoms with E-state index in [9.17, 15) is 14.5 Å². The summed E-state index contributed by atoms with van der Waals surface area (Å²) in [7, 11) is 0. The molecule has 0 heterocycles. The first-order valence-corrected chi connectivity index (χ1v) is 6.32. The third-order valence-corrected chi connectivity index (χ3v) is 3.07. The average molecular weight is 296 g/mol. The normalized spacial score (nSPS) is 10.3. The van der Waals surface area contributed by atoms with Crippen LogP contribution in [0.15, 0.2) is 36.4 Å². The first kappa shape index (κ1) is 14.3. The summed E-state index contributed by atoms with van der Waals surface area (Å²) in [5, 5.41) is 10.9. The van der Waals surface area contributed by atoms with Gasteiger partial charge in [0.25, 0.3) is 5.69 Å². The number of nitro groups is 1. The Bertz CT molecular complexity index is 661. The van der Waals surface area contributed by atoms with Crippen molar-refractivity contribution in [3.63, 3.8) is 0 Å². The number of nitro benzene ring substituents is 1. The largest absolute Gasteiger partial charge is 0.457 e. The predicted octanol–water partition coefficient (Wildman–Crippen LogP) is 4.57. The van der Waals surface area contributed by atoms with Gasteiger partial charge in [0.2, 0.25) is 0 Å². The van der Waals surface area contributed by atoms with Crippen LogP contribution in [-0.4, -0.2) is 4.92 Å². The third-order valence-electron chi connectivity index (χ3n) is 2.77. The van der Waals surface area contributed by atoms with Crippen LogP contribution in [0.2, 0.25) is 0 Å². The molecule has 0 aromatic heterocycles. The molecule has 2 aromatic rings. The highest BCUT2D eigenvalue weighted by Gasteiger charge is 2.15. The Morgan fingerprint density at radius 3 is 2.75 bits per heavy atom. The fourth-order valence-corrected chi connectivity index (χ4v) is 1.95. The fourth-order valence-electron chi connectivity index (χ4n) is 1.80. The third kappa shape index (κ3) is 3.05. The quantitative estimate of drug-likeness (QED) is 0.471. The van der Waals surface area contributed by atoms with Crippen LogP contribution in [0.3, 0.4) is 0 Å². The second-order valence-electron chi connectivity index (χ2n) is 4.19. The summed E-state index contributed by atoms with van der Waals surface area (Å²) >= 11 is 5.66. The maximum atomic E-state index is 13.4. The molecule has 0 spiro atoms. The zero-order valence-electron chi connectivity index (χ0n) is 10.6. The lowest BCUT2D eigenvalue weighted by molar-refractivity contribution is -0.385. The van der Waals surface area contributed by atoms with Crippen LogP contribution in [0, 0.1) is 22.9 Å². The van der Waals surface area contributed by atoms with Crippen LogP contribution in [0.4, 0.5) is 10.1 Å². The smallest absolute Gasteiger partial charge is 0.276 e. The second kappa shape index (κ2) is 5.88. The molecule has 0 fully saturated rings. The minimum atomic E-state index is -0.488. The first-order chi connectivity index (χ1) is 9.51. The fraction of sp³-hybridized carbons (Fsp3) is 0.143. The minimum Gasteiger partial charge on any atom is -0.457 e. The van der Waals surface area contributed by atoms with E-state index in [1.807, 2.05) is 0 Å². The van der Waals surface area contributed by atoms with Crippen LogP contribution in [0.25, 0.3) is 0 Å². The number of nitrogens with zero attached hydrogens (tertiary/aromatic N) is 1. The lowest BCUT2D eigenvalue weighted by Gasteiger charge is -2.10. The van der Waals surface area contributed by atoms with Crippen molar-refractivity contribution >= 4 is 17.3 Å². The number of halogens is 2. The Labute approximate surface area is 119 Å². The molecule has 2 aromatic carbocycles. The molecular weight excluding hydrogens is 285 g/mol. The van der Waals surface area contributed by atoms with Crippen molar-refractivity contribution < 1.29 is 14.1 Å². The van der Waals surface area contributed by atoms with E-state index >= 15 is 0 Å². The van der Waals surface area contributed by atoms with Gasteiger partial charge in [-0.05, 0) is 30.7 Å². The number of benzene rings is 2. The topological polar surface area (TPSA) is 52.4 Å². The molecule has 0 radical (unpaired) electrons. The molecule has 104 valence electrons. The van der Waals surface area contributed by atoms with Crippen LogP contribution in [0.5, 0.6) is 11.5 Å². The van der Waals surface area contributed by atoms with Gasteiger partial charge in [-0.15, -0.1) is 11.6 Å². The van der Waals surface area contributed by atoms with Gasteiger partial charge in [-0.2, -0.15) is 0 Å². The molecule has 0 saturated carbocycles. The highest BCUT2D eigenvalue weighted by atomic mass is 35.5. The van der Waals surface area contributed by atoms with Gasteiger partial charge in [0.1, 0.15) is 17.3 Å². The zero-order valence-corrected chi connectivity index (χ0v) is 11.4. The molecule has 0 atom stereocenters. The highest BCUT2D eigenvalue weighted by molar-refractivity contribution is 6.17. The van der Waals surface area contributed by atoms with Crippen LogP contribution in [-0.2, 0) is 5.88 Å². The Balaban J connectivity index is 2.37. The lowest BCUT2D eigenvalue weighted by Crippen LogP contribution is -1.95. The molecule has 0 amide bonds. The van der Waals surface area contributed by atoms with Crippen molar-refractivity contribution in [3.05, 3.63) is 63.5 Å². The second-order valence-corrected chi connectivity index (χ2v) is 4.46. The summed E-state index contributed by atoms with van der Waals surface area (Å²) in [5.41, 5.74) is 0.912. The number of rotatable bonds is 4. The number of hydrogen-bond donors (Lipinski definition) is 0. The summed E-state index contributed by atoms with van der Waals surface area (Å²) in [5.74, 6) is 0.248. The van der Waals surface area contributed by atoms with Crippen molar-refractivity contribution in [1.29, 1.82) is 0 Å². The standard InChI is InChI=1S/C14H11ClFNO3/c1-9-13(17(18)19)3-2-4-14(9)20-12-6-10(8-15)5-11(16)7-12/h2-7H,8H2,1H3. The van der Waals surface area contributed by atoms with Gasteiger partial charge < -0.3 is 4.74 Å². The molecule has 0 unspecified atom stereocenters. The molecule has 2 rings (SSSR count). The molecule has 0 aliphatic rings. The summed E-state index contributed by atoms with van der Waals surface area (Å²) in [6.07, 6.45) is 0. The van der Waals surface area contributed by atoms with Crippen molar-refractivity contribution in [2.75, 3.05) is 0 Å². The molecule has 0 bridgehead atoms. The molecule has 0 aliphatic heterocycles. The Morgan fingerprint density at radius 2 is 2.10 bits per heavy atom. The van der Waals surface area contributed by atoms with Crippen molar-refractivity contribution in [1.82, 2.24) is 0 Å². The zero-order chi connectivity index (χ0) is 14.7. The van der Waals surface area contributed by atoms with Gasteiger partial charge in [-0.3, -0.25) is 10.1 Å². The summed E-state index contributed by atoms with van der Waals surface area (Å²) in [4.78, 5) is 10.4. The van der Waals surface area contributed by atoms with Crippen molar-refractivity contribution in [2.24, 2.45) is 0 Å². The Morgan fingerprint density at radius 1 is 1.35 bits per heavy atom. The average Bonchev–Trinajstić information content (AvgIpc) is 2.40. The Hall–Kier alpha value is -2.14. The van der Waals surface area contributed by atoms with E-state index in [4.69, 9.17) is 16.3 Å².